The van der Waals surface area contributed by atoms with Crippen LogP contribution in [0.4, 0.5) is 0 Å². The Labute approximate surface area is 81.0 Å². The normalized spacial score (nSPS) is 33.3. The lowest BCUT2D eigenvalue weighted by atomic mass is 9.88. The van der Waals surface area contributed by atoms with Crippen LogP contribution in [0.5, 0.6) is 0 Å². The molecule has 0 aliphatic carbocycles. The van der Waals surface area contributed by atoms with Crippen molar-refractivity contribution < 1.29 is 19.1 Å². The Hall–Kier alpha value is -0.840. The molecular weight excluding hydrogens is 192 g/mol. The summed E-state index contributed by atoms with van der Waals surface area (Å²) in [5.74, 6) is -2.70. The first-order chi connectivity index (χ1) is 5.94. The molecule has 0 aromatic carbocycles. The minimum absolute atomic E-state index is 0.369. The van der Waals surface area contributed by atoms with Crippen LogP contribution in [0.15, 0.2) is 0 Å². The van der Waals surface area contributed by atoms with Gasteiger partial charge in [0.05, 0.1) is 5.92 Å². The number of hydrogen-bond donors (Lipinski definition) is 1. The zero-order valence-corrected chi connectivity index (χ0v) is 8.26. The average Bonchev–Trinajstić information content (AvgIpc) is 2.24. The summed E-state index contributed by atoms with van der Waals surface area (Å²) in [5.41, 5.74) is 0. The molecule has 0 radical (unpaired) electrons. The summed E-state index contributed by atoms with van der Waals surface area (Å²) < 4.78 is 2.80. The molecule has 1 aliphatic heterocycles. The minimum Gasteiger partial charge on any atom is -0.391 e. The van der Waals surface area contributed by atoms with Crippen molar-refractivity contribution in [1.29, 1.82) is 0 Å². The van der Waals surface area contributed by atoms with Crippen molar-refractivity contribution >= 4 is 30.4 Å². The number of Topliss-reactive ketones (excluding diaryl/α,β-unsaturated/α-hetero) is 1. The molecule has 5 heteroatoms. The lowest BCUT2D eigenvalue weighted by Gasteiger charge is -2.19. The third-order valence-electron chi connectivity index (χ3n) is 2.24. The highest BCUT2D eigenvalue weighted by molar-refractivity contribution is 7.83. The summed E-state index contributed by atoms with van der Waals surface area (Å²) in [4.78, 5) is 33.4. The molecule has 0 N–H and O–H groups in total. The van der Waals surface area contributed by atoms with E-state index in [-0.39, 0.29) is 0 Å². The van der Waals surface area contributed by atoms with E-state index in [2.05, 4.69) is 17.4 Å². The standard InChI is InChI=1S/C8H10O4S/c1-3-5-6(10)12-7(11)8(5,13)4(2)9/h5,13H,3H2,1-2H3. The van der Waals surface area contributed by atoms with Crippen LogP contribution >= 0.6 is 12.6 Å². The van der Waals surface area contributed by atoms with Crippen LogP contribution < -0.4 is 0 Å². The molecule has 0 aromatic rings. The van der Waals surface area contributed by atoms with Gasteiger partial charge in [-0.25, -0.2) is 4.79 Å². The Morgan fingerprint density at radius 1 is 1.62 bits per heavy atom. The van der Waals surface area contributed by atoms with Gasteiger partial charge in [0, 0.05) is 0 Å². The molecule has 1 aliphatic rings. The van der Waals surface area contributed by atoms with Crippen molar-refractivity contribution in [2.75, 3.05) is 0 Å². The van der Waals surface area contributed by atoms with Gasteiger partial charge in [-0.3, -0.25) is 9.59 Å². The lowest BCUT2D eigenvalue weighted by Crippen LogP contribution is -2.42. The Morgan fingerprint density at radius 2 is 2.15 bits per heavy atom. The first kappa shape index (κ1) is 10.2. The van der Waals surface area contributed by atoms with Crippen LogP contribution in [0, 0.1) is 5.92 Å². The summed E-state index contributed by atoms with van der Waals surface area (Å²) in [6.07, 6.45) is 0.369. The van der Waals surface area contributed by atoms with E-state index in [1.165, 1.54) is 6.92 Å². The van der Waals surface area contributed by atoms with Crippen LogP contribution in [0.1, 0.15) is 20.3 Å². The first-order valence-electron chi connectivity index (χ1n) is 3.94. The zero-order valence-electron chi connectivity index (χ0n) is 7.36. The molecule has 0 saturated carbocycles. The molecule has 1 saturated heterocycles. The number of ketones is 1. The monoisotopic (exact) mass is 202 g/mol. The molecular formula is C8H10O4S. The predicted octanol–water partition coefficient (Wildman–Crippen LogP) is 0.354. The quantitative estimate of drug-likeness (QED) is 0.399. The molecule has 1 fully saturated rings. The third kappa shape index (κ3) is 1.27. The highest BCUT2D eigenvalue weighted by atomic mass is 32.1. The van der Waals surface area contributed by atoms with E-state index in [9.17, 15) is 14.4 Å². The maximum Gasteiger partial charge on any atom is 0.338 e. The second kappa shape index (κ2) is 3.14. The molecule has 0 bridgehead atoms. The highest BCUT2D eigenvalue weighted by Gasteiger charge is 2.57. The molecule has 0 aromatic heterocycles. The van der Waals surface area contributed by atoms with Gasteiger partial charge in [0.15, 0.2) is 10.5 Å². The van der Waals surface area contributed by atoms with Crippen molar-refractivity contribution in [2.24, 2.45) is 5.92 Å². The number of cyclic esters (lactones) is 2. The summed E-state index contributed by atoms with van der Waals surface area (Å²) in [6.45, 7) is 2.94. The number of hydrogen-bond acceptors (Lipinski definition) is 5. The van der Waals surface area contributed by atoms with E-state index < -0.39 is 28.4 Å². The fraction of sp³-hybridized carbons (Fsp3) is 0.625. The fourth-order valence-electron chi connectivity index (χ4n) is 1.40. The van der Waals surface area contributed by atoms with Crippen molar-refractivity contribution in [3.63, 3.8) is 0 Å². The smallest absolute Gasteiger partial charge is 0.338 e. The molecule has 0 spiro atoms. The largest absolute Gasteiger partial charge is 0.391 e. The van der Waals surface area contributed by atoms with Crippen LogP contribution in [0.3, 0.4) is 0 Å². The Balaban J connectivity index is 3.13. The number of ether oxygens (including phenoxy) is 1. The van der Waals surface area contributed by atoms with Crippen molar-refractivity contribution in [3.8, 4) is 0 Å². The van der Waals surface area contributed by atoms with Gasteiger partial charge in [-0.1, -0.05) is 6.92 Å². The van der Waals surface area contributed by atoms with Gasteiger partial charge in [-0.05, 0) is 13.3 Å². The van der Waals surface area contributed by atoms with Gasteiger partial charge in [-0.2, -0.15) is 12.6 Å². The van der Waals surface area contributed by atoms with Gasteiger partial charge in [0.25, 0.3) is 0 Å². The van der Waals surface area contributed by atoms with E-state index in [0.717, 1.165) is 0 Å². The van der Waals surface area contributed by atoms with Crippen LogP contribution in [-0.2, 0) is 19.1 Å². The Kier molecular flexibility index (Phi) is 2.47. The maximum atomic E-state index is 11.2. The molecule has 0 amide bonds. The Bertz CT molecular complexity index is 284. The molecule has 13 heavy (non-hydrogen) atoms. The number of carbonyl (C=O) groups excluding carboxylic acids is 3. The van der Waals surface area contributed by atoms with E-state index >= 15 is 0 Å². The molecule has 2 unspecified atom stereocenters. The fourth-order valence-corrected chi connectivity index (χ4v) is 1.74. The highest BCUT2D eigenvalue weighted by Crippen LogP contribution is 2.36. The van der Waals surface area contributed by atoms with E-state index in [0.29, 0.717) is 6.42 Å². The molecule has 4 nitrogen and oxygen atoms in total. The van der Waals surface area contributed by atoms with Gasteiger partial charge < -0.3 is 4.74 Å². The first-order valence-corrected chi connectivity index (χ1v) is 4.38. The van der Waals surface area contributed by atoms with Crippen LogP contribution in [-0.4, -0.2) is 22.5 Å². The lowest BCUT2D eigenvalue weighted by molar-refractivity contribution is -0.153. The van der Waals surface area contributed by atoms with Gasteiger partial charge in [0.1, 0.15) is 0 Å². The summed E-state index contributed by atoms with van der Waals surface area (Å²) in [6, 6.07) is 0. The Morgan fingerprint density at radius 3 is 2.46 bits per heavy atom. The van der Waals surface area contributed by atoms with Gasteiger partial charge in [-0.15, -0.1) is 0 Å². The molecule has 2 atom stereocenters. The number of carbonyl (C=O) groups is 3. The van der Waals surface area contributed by atoms with Crippen LogP contribution in [0.25, 0.3) is 0 Å². The number of rotatable bonds is 2. The number of esters is 2. The van der Waals surface area contributed by atoms with Gasteiger partial charge >= 0.3 is 11.9 Å². The molecule has 1 rings (SSSR count). The predicted molar refractivity (Wildman–Crippen MR) is 47.3 cm³/mol. The topological polar surface area (TPSA) is 60.4 Å². The van der Waals surface area contributed by atoms with E-state index in [1.54, 1.807) is 6.92 Å². The maximum absolute atomic E-state index is 11.2. The molecule has 1 heterocycles. The average molecular weight is 202 g/mol. The second-order valence-corrected chi connectivity index (χ2v) is 3.70. The van der Waals surface area contributed by atoms with E-state index in [4.69, 9.17) is 0 Å². The third-order valence-corrected chi connectivity index (χ3v) is 3.05. The second-order valence-electron chi connectivity index (χ2n) is 2.99. The van der Waals surface area contributed by atoms with E-state index in [1.807, 2.05) is 0 Å². The molecule has 72 valence electrons. The van der Waals surface area contributed by atoms with Crippen LogP contribution in [0.2, 0.25) is 0 Å². The summed E-state index contributed by atoms with van der Waals surface area (Å²) in [5, 5.41) is 0. The summed E-state index contributed by atoms with van der Waals surface area (Å²) >= 11 is 3.96. The number of thiol groups is 1. The zero-order chi connectivity index (χ0) is 10.2. The van der Waals surface area contributed by atoms with Crippen molar-refractivity contribution in [1.82, 2.24) is 0 Å². The minimum atomic E-state index is -1.56. The summed E-state index contributed by atoms with van der Waals surface area (Å²) in [7, 11) is 0. The SMILES string of the molecule is CCC1C(=O)OC(=O)C1(S)C(C)=O. The van der Waals surface area contributed by atoms with Crippen molar-refractivity contribution in [2.45, 2.75) is 25.0 Å². The van der Waals surface area contributed by atoms with Crippen molar-refractivity contribution in [3.05, 3.63) is 0 Å². The van der Waals surface area contributed by atoms with Gasteiger partial charge in [0.2, 0.25) is 0 Å².